The molecule has 8 heteroatoms. The van der Waals surface area contributed by atoms with Crippen LogP contribution in [0.3, 0.4) is 0 Å². The van der Waals surface area contributed by atoms with Crippen molar-refractivity contribution in [3.05, 3.63) is 33.8 Å². The summed E-state index contributed by atoms with van der Waals surface area (Å²) in [5.74, 6) is -2.30. The van der Waals surface area contributed by atoms with Gasteiger partial charge in [0.15, 0.2) is 0 Å². The van der Waals surface area contributed by atoms with E-state index in [-0.39, 0.29) is 22.0 Å². The quantitative estimate of drug-likeness (QED) is 0.734. The van der Waals surface area contributed by atoms with Gasteiger partial charge in [-0.3, -0.25) is 9.59 Å². The van der Waals surface area contributed by atoms with Crippen LogP contribution in [0.2, 0.25) is 10.0 Å². The molecule has 0 aliphatic heterocycles. The summed E-state index contributed by atoms with van der Waals surface area (Å²) < 4.78 is 0. The van der Waals surface area contributed by atoms with Crippen molar-refractivity contribution < 1.29 is 19.5 Å². The molecule has 2 amide bonds. The summed E-state index contributed by atoms with van der Waals surface area (Å²) in [6, 6.07) is 2.65. The van der Waals surface area contributed by atoms with Gasteiger partial charge in [0.2, 0.25) is 5.91 Å². The number of amides is 2. The molecule has 120 valence electrons. The Hall–Kier alpha value is -1.79. The zero-order valence-electron chi connectivity index (χ0n) is 12.0. The molecule has 0 heterocycles. The molecule has 2 atom stereocenters. The molecule has 1 rings (SSSR count). The van der Waals surface area contributed by atoms with Crippen molar-refractivity contribution in [2.24, 2.45) is 0 Å². The predicted octanol–water partition coefficient (Wildman–Crippen LogP) is 2.09. The summed E-state index contributed by atoms with van der Waals surface area (Å²) in [6.07, 6.45) is 0.238. The number of aliphatic carboxylic acids is 1. The third kappa shape index (κ3) is 4.61. The number of nitrogens with one attached hydrogen (secondary N) is 2. The molecular weight excluding hydrogens is 331 g/mol. The first-order valence-corrected chi connectivity index (χ1v) is 7.31. The fourth-order valence-electron chi connectivity index (χ4n) is 1.65. The van der Waals surface area contributed by atoms with E-state index in [1.807, 2.05) is 0 Å². The van der Waals surface area contributed by atoms with Gasteiger partial charge in [0.25, 0.3) is 5.91 Å². The highest BCUT2D eigenvalue weighted by molar-refractivity contribution is 6.43. The van der Waals surface area contributed by atoms with Gasteiger partial charge in [0, 0.05) is 0 Å². The van der Waals surface area contributed by atoms with Crippen molar-refractivity contribution in [3.63, 3.8) is 0 Å². The van der Waals surface area contributed by atoms with Crippen molar-refractivity contribution in [3.8, 4) is 0 Å². The first-order chi connectivity index (χ1) is 10.3. The maximum atomic E-state index is 12.1. The lowest BCUT2D eigenvalue weighted by atomic mass is 10.1. The number of benzene rings is 1. The minimum atomic E-state index is -1.13. The lowest BCUT2D eigenvalue weighted by Gasteiger charge is -2.18. The van der Waals surface area contributed by atoms with E-state index in [0.29, 0.717) is 0 Å². The lowest BCUT2D eigenvalue weighted by molar-refractivity contribution is -0.142. The van der Waals surface area contributed by atoms with E-state index in [1.54, 1.807) is 13.0 Å². The molecule has 0 aliphatic carbocycles. The predicted molar refractivity (Wildman–Crippen MR) is 83.2 cm³/mol. The average Bonchev–Trinajstić information content (AvgIpc) is 2.46. The number of hydrogen-bond donors (Lipinski definition) is 3. The Morgan fingerprint density at radius 3 is 2.41 bits per heavy atom. The summed E-state index contributed by atoms with van der Waals surface area (Å²) in [7, 11) is 0. The zero-order valence-corrected chi connectivity index (χ0v) is 13.5. The van der Waals surface area contributed by atoms with Gasteiger partial charge in [-0.1, -0.05) is 36.2 Å². The molecular formula is C14H16Cl2N2O4. The summed E-state index contributed by atoms with van der Waals surface area (Å²) >= 11 is 11.8. The van der Waals surface area contributed by atoms with Crippen LogP contribution in [0.4, 0.5) is 0 Å². The highest BCUT2D eigenvalue weighted by Gasteiger charge is 2.23. The Morgan fingerprint density at radius 1 is 1.23 bits per heavy atom. The second-order valence-electron chi connectivity index (χ2n) is 4.60. The molecule has 0 aromatic heterocycles. The van der Waals surface area contributed by atoms with Gasteiger partial charge < -0.3 is 15.7 Å². The number of carbonyl (C=O) groups is 3. The van der Waals surface area contributed by atoms with E-state index in [2.05, 4.69) is 10.6 Å². The molecule has 0 spiro atoms. The van der Waals surface area contributed by atoms with Gasteiger partial charge in [-0.25, -0.2) is 4.79 Å². The number of carboxylic acid groups (broad SMARTS) is 1. The minimum Gasteiger partial charge on any atom is -0.480 e. The van der Waals surface area contributed by atoms with Crippen molar-refractivity contribution in [2.45, 2.75) is 32.4 Å². The second kappa shape index (κ2) is 8.00. The van der Waals surface area contributed by atoms with Crippen LogP contribution in [0.1, 0.15) is 30.6 Å². The van der Waals surface area contributed by atoms with Crippen LogP contribution in [0.5, 0.6) is 0 Å². The van der Waals surface area contributed by atoms with Crippen molar-refractivity contribution in [1.29, 1.82) is 0 Å². The van der Waals surface area contributed by atoms with E-state index in [1.165, 1.54) is 19.1 Å². The van der Waals surface area contributed by atoms with Crippen molar-refractivity contribution in [2.75, 3.05) is 0 Å². The van der Waals surface area contributed by atoms with Crippen LogP contribution in [0, 0.1) is 0 Å². The van der Waals surface area contributed by atoms with E-state index >= 15 is 0 Å². The van der Waals surface area contributed by atoms with Crippen LogP contribution in [0.25, 0.3) is 0 Å². The SMILES string of the molecule is CCC(NC(=O)C(C)NC(=O)c1cccc(Cl)c1Cl)C(=O)O. The van der Waals surface area contributed by atoms with Crippen LogP contribution < -0.4 is 10.6 Å². The molecule has 0 radical (unpaired) electrons. The zero-order chi connectivity index (χ0) is 16.9. The normalized spacial score (nSPS) is 13.1. The molecule has 0 fully saturated rings. The van der Waals surface area contributed by atoms with E-state index < -0.39 is 29.9 Å². The molecule has 0 bridgehead atoms. The summed E-state index contributed by atoms with van der Waals surface area (Å²) in [4.78, 5) is 34.8. The van der Waals surface area contributed by atoms with Gasteiger partial charge in [-0.15, -0.1) is 0 Å². The molecule has 1 aromatic carbocycles. The summed E-state index contributed by atoms with van der Waals surface area (Å²) in [6.45, 7) is 3.08. The molecule has 0 aliphatic rings. The molecule has 22 heavy (non-hydrogen) atoms. The smallest absolute Gasteiger partial charge is 0.326 e. The van der Waals surface area contributed by atoms with Gasteiger partial charge in [-0.05, 0) is 25.5 Å². The Balaban J connectivity index is 2.73. The number of hydrogen-bond acceptors (Lipinski definition) is 3. The fraction of sp³-hybridized carbons (Fsp3) is 0.357. The molecule has 0 saturated heterocycles. The molecule has 6 nitrogen and oxygen atoms in total. The Kier molecular flexibility index (Phi) is 6.64. The lowest BCUT2D eigenvalue weighted by Crippen LogP contribution is -2.50. The van der Waals surface area contributed by atoms with Crippen LogP contribution in [-0.4, -0.2) is 35.0 Å². The topological polar surface area (TPSA) is 95.5 Å². The highest BCUT2D eigenvalue weighted by Crippen LogP contribution is 2.25. The largest absolute Gasteiger partial charge is 0.480 e. The standard InChI is InChI=1S/C14H16Cl2N2O4/c1-3-10(14(21)22)18-12(19)7(2)17-13(20)8-5-4-6-9(15)11(8)16/h4-7,10H,3H2,1-2H3,(H,17,20)(H,18,19)(H,21,22). The second-order valence-corrected chi connectivity index (χ2v) is 5.39. The van der Waals surface area contributed by atoms with E-state index in [0.717, 1.165) is 0 Å². The van der Waals surface area contributed by atoms with Crippen molar-refractivity contribution in [1.82, 2.24) is 10.6 Å². The monoisotopic (exact) mass is 346 g/mol. The number of halogens is 2. The maximum Gasteiger partial charge on any atom is 0.326 e. The third-order valence-electron chi connectivity index (χ3n) is 2.96. The molecule has 2 unspecified atom stereocenters. The Bertz CT molecular complexity index is 592. The van der Waals surface area contributed by atoms with Gasteiger partial charge in [0.05, 0.1) is 15.6 Å². The number of carbonyl (C=O) groups excluding carboxylic acids is 2. The first-order valence-electron chi connectivity index (χ1n) is 6.56. The fourth-order valence-corrected chi connectivity index (χ4v) is 2.04. The van der Waals surface area contributed by atoms with Gasteiger partial charge in [0.1, 0.15) is 12.1 Å². The first kappa shape index (κ1) is 18.3. The summed E-state index contributed by atoms with van der Waals surface area (Å²) in [5.41, 5.74) is 0.138. The maximum absolute atomic E-state index is 12.1. The minimum absolute atomic E-state index is 0.0891. The van der Waals surface area contributed by atoms with Crippen molar-refractivity contribution >= 4 is 41.0 Å². The highest BCUT2D eigenvalue weighted by atomic mass is 35.5. The Morgan fingerprint density at radius 2 is 1.86 bits per heavy atom. The number of rotatable bonds is 6. The van der Waals surface area contributed by atoms with Gasteiger partial charge in [-0.2, -0.15) is 0 Å². The van der Waals surface area contributed by atoms with Crippen LogP contribution >= 0.6 is 23.2 Å². The van der Waals surface area contributed by atoms with E-state index in [4.69, 9.17) is 28.3 Å². The molecule has 3 N–H and O–H groups in total. The third-order valence-corrected chi connectivity index (χ3v) is 3.78. The molecule has 0 saturated carbocycles. The average molecular weight is 347 g/mol. The van der Waals surface area contributed by atoms with Crippen LogP contribution in [-0.2, 0) is 9.59 Å². The Labute approximate surface area is 137 Å². The number of carboxylic acids is 1. The van der Waals surface area contributed by atoms with Crippen LogP contribution in [0.15, 0.2) is 18.2 Å². The molecule has 1 aromatic rings. The van der Waals surface area contributed by atoms with E-state index in [9.17, 15) is 14.4 Å². The van der Waals surface area contributed by atoms with Gasteiger partial charge >= 0.3 is 5.97 Å². The summed E-state index contributed by atoms with van der Waals surface area (Å²) in [5, 5.41) is 14.0.